The summed E-state index contributed by atoms with van der Waals surface area (Å²) in [6, 6.07) is 1.24. The Morgan fingerprint density at radius 3 is 2.96 bits per heavy atom. The van der Waals surface area contributed by atoms with E-state index in [4.69, 9.17) is 4.74 Å². The number of benzene rings is 1. The Morgan fingerprint density at radius 2 is 2.26 bits per heavy atom. The van der Waals surface area contributed by atoms with Crippen LogP contribution in [0.5, 0.6) is 5.75 Å². The van der Waals surface area contributed by atoms with Crippen LogP contribution in [-0.4, -0.2) is 47.9 Å². The molecule has 0 amide bonds. The van der Waals surface area contributed by atoms with Crippen LogP contribution in [0.2, 0.25) is 0 Å². The van der Waals surface area contributed by atoms with Gasteiger partial charge < -0.3 is 24.6 Å². The molecule has 144 valence electrons. The normalized spacial score (nSPS) is 22.0. The zero-order chi connectivity index (χ0) is 19.3. The number of piperazine rings is 1. The maximum absolute atomic E-state index is 15.1. The highest BCUT2D eigenvalue weighted by atomic mass is 19.1. The molecule has 0 saturated carbocycles. The van der Waals surface area contributed by atoms with Crippen molar-refractivity contribution in [2.75, 3.05) is 31.1 Å². The van der Waals surface area contributed by atoms with Crippen LogP contribution in [0.1, 0.15) is 36.7 Å². The van der Waals surface area contributed by atoms with Crippen molar-refractivity contribution in [3.8, 4) is 5.75 Å². The highest BCUT2D eigenvalue weighted by Gasteiger charge is 2.31. The van der Waals surface area contributed by atoms with Gasteiger partial charge in [0.05, 0.1) is 16.9 Å². The highest BCUT2D eigenvalue weighted by molar-refractivity contribution is 5.97. The third-order valence-electron chi connectivity index (χ3n) is 5.44. The van der Waals surface area contributed by atoms with E-state index < -0.39 is 17.2 Å². The van der Waals surface area contributed by atoms with Gasteiger partial charge in [0.15, 0.2) is 11.6 Å². The van der Waals surface area contributed by atoms with E-state index in [0.29, 0.717) is 30.0 Å². The quantitative estimate of drug-likeness (QED) is 0.854. The number of pyridine rings is 1. The zero-order valence-corrected chi connectivity index (χ0v) is 15.3. The number of nitrogens with one attached hydrogen (secondary N) is 1. The Morgan fingerprint density at radius 1 is 1.48 bits per heavy atom. The van der Waals surface area contributed by atoms with Crippen LogP contribution < -0.4 is 20.4 Å². The molecular formula is C19H22FN3O4. The van der Waals surface area contributed by atoms with Gasteiger partial charge in [-0.15, -0.1) is 0 Å². The molecule has 1 fully saturated rings. The number of halogens is 1. The summed E-state index contributed by atoms with van der Waals surface area (Å²) in [4.78, 5) is 26.0. The van der Waals surface area contributed by atoms with Gasteiger partial charge in [-0.1, -0.05) is 6.92 Å². The minimum atomic E-state index is -1.32. The lowest BCUT2D eigenvalue weighted by atomic mass is 10.0. The van der Waals surface area contributed by atoms with Gasteiger partial charge >= 0.3 is 5.97 Å². The minimum absolute atomic E-state index is 0.0416. The molecular weight excluding hydrogens is 353 g/mol. The maximum Gasteiger partial charge on any atom is 0.341 e. The molecule has 3 heterocycles. The van der Waals surface area contributed by atoms with Crippen LogP contribution in [0.25, 0.3) is 10.9 Å². The van der Waals surface area contributed by atoms with Gasteiger partial charge in [-0.3, -0.25) is 4.79 Å². The van der Waals surface area contributed by atoms with Crippen molar-refractivity contribution in [2.24, 2.45) is 0 Å². The number of ether oxygens (including phenoxy) is 1. The van der Waals surface area contributed by atoms with Gasteiger partial charge in [-0.05, 0) is 19.4 Å². The van der Waals surface area contributed by atoms with Crippen molar-refractivity contribution in [3.05, 3.63) is 33.9 Å². The van der Waals surface area contributed by atoms with Crippen molar-refractivity contribution < 1.29 is 19.0 Å². The first-order valence-corrected chi connectivity index (χ1v) is 9.18. The van der Waals surface area contributed by atoms with E-state index in [1.165, 1.54) is 6.20 Å². The van der Waals surface area contributed by atoms with Crippen molar-refractivity contribution in [1.82, 2.24) is 9.88 Å². The van der Waals surface area contributed by atoms with E-state index in [9.17, 15) is 14.7 Å². The molecule has 2 atom stereocenters. The second kappa shape index (κ2) is 6.53. The number of aromatic nitrogens is 1. The Labute approximate surface area is 155 Å². The summed E-state index contributed by atoms with van der Waals surface area (Å²) in [5.41, 5.74) is -0.232. The average molecular weight is 375 g/mol. The number of rotatable bonds is 3. The average Bonchev–Trinajstić information content (AvgIpc) is 2.65. The van der Waals surface area contributed by atoms with Crippen LogP contribution >= 0.6 is 0 Å². The van der Waals surface area contributed by atoms with E-state index in [-0.39, 0.29) is 29.6 Å². The third-order valence-corrected chi connectivity index (χ3v) is 5.44. The topological polar surface area (TPSA) is 83.8 Å². The van der Waals surface area contributed by atoms with Crippen molar-refractivity contribution in [1.29, 1.82) is 0 Å². The number of aromatic carboxylic acids is 1. The van der Waals surface area contributed by atoms with Gasteiger partial charge in [-0.25, -0.2) is 9.18 Å². The molecule has 1 aromatic carbocycles. The number of hydrogen-bond acceptors (Lipinski definition) is 5. The molecule has 7 nitrogen and oxygen atoms in total. The predicted molar refractivity (Wildman–Crippen MR) is 99.6 cm³/mol. The fourth-order valence-electron chi connectivity index (χ4n) is 3.96. The first-order chi connectivity index (χ1) is 12.9. The monoisotopic (exact) mass is 375 g/mol. The molecule has 4 rings (SSSR count). The molecule has 0 bridgehead atoms. The summed E-state index contributed by atoms with van der Waals surface area (Å²) in [5, 5.41) is 12.8. The lowest BCUT2D eigenvalue weighted by Crippen LogP contribution is -2.50. The number of carboxylic acids is 1. The summed E-state index contributed by atoms with van der Waals surface area (Å²) in [6.45, 7) is 6.23. The fraction of sp³-hybridized carbons (Fsp3) is 0.474. The first-order valence-electron chi connectivity index (χ1n) is 9.18. The van der Waals surface area contributed by atoms with E-state index in [1.807, 2.05) is 11.8 Å². The molecule has 1 saturated heterocycles. The van der Waals surface area contributed by atoms with Crippen LogP contribution in [0.4, 0.5) is 10.1 Å². The van der Waals surface area contributed by atoms with Gasteiger partial charge in [-0.2, -0.15) is 0 Å². The van der Waals surface area contributed by atoms with Crippen molar-refractivity contribution >= 4 is 22.6 Å². The molecule has 2 aromatic rings. The Kier molecular flexibility index (Phi) is 4.30. The first kappa shape index (κ1) is 17.8. The third kappa shape index (κ3) is 2.75. The maximum atomic E-state index is 15.1. The molecule has 0 spiro atoms. The second-order valence-electron chi connectivity index (χ2n) is 7.18. The number of hydrogen-bond donors (Lipinski definition) is 2. The van der Waals surface area contributed by atoms with Gasteiger partial charge in [0.2, 0.25) is 5.43 Å². The van der Waals surface area contributed by atoms with Gasteiger partial charge in [0.25, 0.3) is 0 Å². The zero-order valence-electron chi connectivity index (χ0n) is 15.3. The van der Waals surface area contributed by atoms with E-state index in [2.05, 4.69) is 12.2 Å². The molecule has 8 heteroatoms. The molecule has 0 radical (unpaired) electrons. The number of nitrogens with zero attached hydrogens (tertiary/aromatic N) is 2. The van der Waals surface area contributed by atoms with Crippen LogP contribution in [0.3, 0.4) is 0 Å². The Bertz CT molecular complexity index is 987. The largest absolute Gasteiger partial charge is 0.487 e. The summed E-state index contributed by atoms with van der Waals surface area (Å²) in [7, 11) is 0. The highest BCUT2D eigenvalue weighted by Crippen LogP contribution is 2.42. The minimum Gasteiger partial charge on any atom is -0.487 e. The molecule has 27 heavy (non-hydrogen) atoms. The molecule has 0 aliphatic carbocycles. The number of carboxylic acid groups (broad SMARTS) is 1. The van der Waals surface area contributed by atoms with E-state index >= 15 is 4.39 Å². The smallest absolute Gasteiger partial charge is 0.341 e. The Hall–Kier alpha value is -2.61. The fourth-order valence-corrected chi connectivity index (χ4v) is 3.96. The molecule has 2 aliphatic heterocycles. The van der Waals surface area contributed by atoms with E-state index in [1.54, 1.807) is 4.57 Å². The van der Waals surface area contributed by atoms with E-state index in [0.717, 1.165) is 19.0 Å². The lowest BCUT2D eigenvalue weighted by molar-refractivity contribution is 0.0694. The van der Waals surface area contributed by atoms with Crippen LogP contribution in [0, 0.1) is 5.82 Å². The number of carbonyl (C=O) groups is 1. The summed E-state index contributed by atoms with van der Waals surface area (Å²) in [5.74, 6) is -1.55. The molecule has 1 unspecified atom stereocenters. The molecule has 2 N–H and O–H groups in total. The van der Waals surface area contributed by atoms with Crippen LogP contribution in [-0.2, 0) is 0 Å². The van der Waals surface area contributed by atoms with Crippen molar-refractivity contribution in [3.63, 3.8) is 0 Å². The number of anilines is 1. The lowest BCUT2D eigenvalue weighted by Gasteiger charge is -2.37. The van der Waals surface area contributed by atoms with Crippen molar-refractivity contribution in [2.45, 2.75) is 32.4 Å². The van der Waals surface area contributed by atoms with Gasteiger partial charge in [0, 0.05) is 31.9 Å². The summed E-state index contributed by atoms with van der Waals surface area (Å²) >= 11 is 0. The standard InChI is InChI=1S/C19H22FN3O4/c1-3-11-7-22(5-4-21-11)16-14(20)6-12-15-18(16)27-9-10(2)23(15)8-13(17(12)24)19(25)26/h6,8,10-11,21H,3-5,7,9H2,1-2H3,(H,25,26)/t10-,11?/m0/s1. The molecule has 1 aromatic heterocycles. The predicted octanol–water partition coefficient (Wildman–Crippen LogP) is 1.98. The van der Waals surface area contributed by atoms with Crippen LogP contribution in [0.15, 0.2) is 17.1 Å². The SMILES string of the molecule is CCC1CN(c2c(F)cc3c(=O)c(C(=O)O)cn4c3c2OC[C@@H]4C)CCN1. The second-order valence-corrected chi connectivity index (χ2v) is 7.18. The summed E-state index contributed by atoms with van der Waals surface area (Å²) < 4.78 is 22.7. The Balaban J connectivity index is 1.99. The summed E-state index contributed by atoms with van der Waals surface area (Å²) in [6.07, 6.45) is 2.27. The van der Waals surface area contributed by atoms with Gasteiger partial charge in [0.1, 0.15) is 17.9 Å². The molecule has 2 aliphatic rings.